The number of aromatic nitrogens is 3. The van der Waals surface area contributed by atoms with E-state index in [2.05, 4.69) is 21.3 Å². The van der Waals surface area contributed by atoms with E-state index in [1.54, 1.807) is 0 Å². The summed E-state index contributed by atoms with van der Waals surface area (Å²) in [5, 5.41) is 16.8. The number of nitrogens with one attached hydrogen (secondary N) is 1. The highest BCUT2D eigenvalue weighted by Crippen LogP contribution is 2.28. The molecular formula is C12H8N4O. The predicted molar refractivity (Wildman–Crippen MR) is 62.7 cm³/mol. The van der Waals surface area contributed by atoms with Gasteiger partial charge >= 0.3 is 0 Å². The van der Waals surface area contributed by atoms with Crippen molar-refractivity contribution in [2.45, 2.75) is 0 Å². The molecule has 0 fully saturated rings. The SMILES string of the molecule is COc1n[nH]c2c(C#N)c3ccccc3nc12. The van der Waals surface area contributed by atoms with Gasteiger partial charge in [0.1, 0.15) is 11.6 Å². The van der Waals surface area contributed by atoms with E-state index >= 15 is 0 Å². The number of H-pyrrole nitrogens is 1. The molecule has 0 amide bonds. The highest BCUT2D eigenvalue weighted by atomic mass is 16.5. The second-order valence-electron chi connectivity index (χ2n) is 3.57. The molecule has 1 N–H and O–H groups in total. The number of hydrogen-bond acceptors (Lipinski definition) is 4. The fraction of sp³-hybridized carbons (Fsp3) is 0.0833. The van der Waals surface area contributed by atoms with Gasteiger partial charge in [0.05, 0.1) is 18.2 Å². The molecular weight excluding hydrogens is 216 g/mol. The van der Waals surface area contributed by atoms with Gasteiger partial charge in [-0.05, 0) is 6.07 Å². The van der Waals surface area contributed by atoms with Gasteiger partial charge in [-0.2, -0.15) is 5.26 Å². The number of methoxy groups -OCH3 is 1. The van der Waals surface area contributed by atoms with Crippen LogP contribution in [0.15, 0.2) is 24.3 Å². The fourth-order valence-electron chi connectivity index (χ4n) is 1.89. The van der Waals surface area contributed by atoms with Crippen LogP contribution in [0.3, 0.4) is 0 Å². The summed E-state index contributed by atoms with van der Waals surface area (Å²) in [5.41, 5.74) is 2.50. The van der Waals surface area contributed by atoms with Gasteiger partial charge in [0.15, 0.2) is 5.52 Å². The van der Waals surface area contributed by atoms with Crippen molar-refractivity contribution in [2.75, 3.05) is 7.11 Å². The molecule has 5 nitrogen and oxygen atoms in total. The minimum Gasteiger partial charge on any atom is -0.478 e. The number of pyridine rings is 1. The van der Waals surface area contributed by atoms with E-state index in [0.717, 1.165) is 10.9 Å². The van der Waals surface area contributed by atoms with Crippen LogP contribution in [-0.2, 0) is 0 Å². The van der Waals surface area contributed by atoms with Gasteiger partial charge in [-0.1, -0.05) is 18.2 Å². The Kier molecular flexibility index (Phi) is 1.95. The first-order chi connectivity index (χ1) is 8.35. The van der Waals surface area contributed by atoms with Crippen molar-refractivity contribution in [3.05, 3.63) is 29.8 Å². The third-order valence-electron chi connectivity index (χ3n) is 2.67. The van der Waals surface area contributed by atoms with Crippen LogP contribution in [0.2, 0.25) is 0 Å². The van der Waals surface area contributed by atoms with Crippen LogP contribution < -0.4 is 4.74 Å². The molecule has 0 aliphatic heterocycles. The number of aromatic amines is 1. The van der Waals surface area contributed by atoms with Gasteiger partial charge < -0.3 is 4.74 Å². The molecule has 0 aliphatic rings. The summed E-state index contributed by atoms with van der Waals surface area (Å²) in [6.07, 6.45) is 0. The number of nitriles is 1. The first-order valence-electron chi connectivity index (χ1n) is 5.06. The predicted octanol–water partition coefficient (Wildman–Crippen LogP) is 1.99. The number of fused-ring (bicyclic) bond motifs is 2. The average molecular weight is 224 g/mol. The lowest BCUT2D eigenvalue weighted by atomic mass is 10.1. The summed E-state index contributed by atoms with van der Waals surface area (Å²) in [6, 6.07) is 9.68. The van der Waals surface area contributed by atoms with Crippen LogP contribution >= 0.6 is 0 Å². The summed E-state index contributed by atoms with van der Waals surface area (Å²) in [7, 11) is 1.53. The highest BCUT2D eigenvalue weighted by molar-refractivity contribution is 5.99. The summed E-state index contributed by atoms with van der Waals surface area (Å²) < 4.78 is 5.10. The lowest BCUT2D eigenvalue weighted by Crippen LogP contribution is -1.88. The van der Waals surface area contributed by atoms with E-state index in [1.807, 2.05) is 24.3 Å². The lowest BCUT2D eigenvalue weighted by molar-refractivity contribution is 0.400. The van der Waals surface area contributed by atoms with Crippen LogP contribution in [0.5, 0.6) is 5.88 Å². The number of nitrogens with zero attached hydrogens (tertiary/aromatic N) is 3. The topological polar surface area (TPSA) is 74.6 Å². The minimum atomic E-state index is 0.405. The minimum absolute atomic E-state index is 0.405. The van der Waals surface area contributed by atoms with Gasteiger partial charge in [0.2, 0.25) is 0 Å². The Morgan fingerprint density at radius 2 is 2.18 bits per heavy atom. The number of ether oxygens (including phenoxy) is 1. The molecule has 3 aromatic rings. The number of para-hydroxylation sites is 1. The van der Waals surface area contributed by atoms with E-state index < -0.39 is 0 Å². The number of hydrogen-bond donors (Lipinski definition) is 1. The van der Waals surface area contributed by atoms with Crippen molar-refractivity contribution in [2.24, 2.45) is 0 Å². The fourth-order valence-corrected chi connectivity index (χ4v) is 1.89. The third kappa shape index (κ3) is 1.24. The van der Waals surface area contributed by atoms with E-state index in [0.29, 0.717) is 22.5 Å². The first-order valence-corrected chi connectivity index (χ1v) is 5.06. The van der Waals surface area contributed by atoms with Crippen LogP contribution in [0.25, 0.3) is 21.9 Å². The van der Waals surface area contributed by atoms with E-state index in [-0.39, 0.29) is 0 Å². The summed E-state index contributed by atoms with van der Waals surface area (Å²) in [6.45, 7) is 0. The third-order valence-corrected chi connectivity index (χ3v) is 2.67. The highest BCUT2D eigenvalue weighted by Gasteiger charge is 2.14. The molecule has 0 aliphatic carbocycles. The standard InChI is InChI=1S/C12H8N4O/c1-17-12-11-10(15-16-12)8(6-13)7-4-2-3-5-9(7)14-11/h2-5H,1H3,(H,15,16). The molecule has 2 heterocycles. The Morgan fingerprint density at radius 3 is 2.94 bits per heavy atom. The Bertz CT molecular complexity index is 754. The maximum absolute atomic E-state index is 9.25. The van der Waals surface area contributed by atoms with E-state index in [4.69, 9.17) is 4.74 Å². The zero-order valence-electron chi connectivity index (χ0n) is 9.06. The summed E-state index contributed by atoms with van der Waals surface area (Å²) >= 11 is 0. The van der Waals surface area contributed by atoms with Gasteiger partial charge in [0.25, 0.3) is 5.88 Å². The Morgan fingerprint density at radius 1 is 1.35 bits per heavy atom. The smallest absolute Gasteiger partial charge is 0.259 e. The molecule has 0 saturated heterocycles. The molecule has 0 atom stereocenters. The van der Waals surface area contributed by atoms with Crippen molar-refractivity contribution in [3.63, 3.8) is 0 Å². The summed E-state index contributed by atoms with van der Waals surface area (Å²) in [4.78, 5) is 4.45. The Labute approximate surface area is 96.6 Å². The molecule has 82 valence electrons. The van der Waals surface area contributed by atoms with E-state index in [1.165, 1.54) is 7.11 Å². The second-order valence-corrected chi connectivity index (χ2v) is 3.57. The van der Waals surface area contributed by atoms with Crippen LogP contribution in [-0.4, -0.2) is 22.3 Å². The second kappa shape index (κ2) is 3.46. The van der Waals surface area contributed by atoms with Crippen LogP contribution in [0.4, 0.5) is 0 Å². The first kappa shape index (κ1) is 9.60. The van der Waals surface area contributed by atoms with Gasteiger partial charge in [0, 0.05) is 5.39 Å². The lowest BCUT2D eigenvalue weighted by Gasteiger charge is -2.00. The number of rotatable bonds is 1. The molecule has 1 aromatic carbocycles. The van der Waals surface area contributed by atoms with Crippen molar-refractivity contribution in [3.8, 4) is 11.9 Å². The molecule has 0 unspecified atom stereocenters. The zero-order valence-corrected chi connectivity index (χ0v) is 9.06. The number of benzene rings is 1. The molecule has 0 radical (unpaired) electrons. The zero-order chi connectivity index (χ0) is 11.8. The van der Waals surface area contributed by atoms with Crippen LogP contribution in [0.1, 0.15) is 5.56 Å². The monoisotopic (exact) mass is 224 g/mol. The summed E-state index contributed by atoms with van der Waals surface area (Å²) in [5.74, 6) is 0.405. The quantitative estimate of drug-likeness (QED) is 0.685. The maximum Gasteiger partial charge on any atom is 0.259 e. The molecule has 3 rings (SSSR count). The van der Waals surface area contributed by atoms with Crippen molar-refractivity contribution < 1.29 is 4.74 Å². The maximum atomic E-state index is 9.25. The normalized spacial score (nSPS) is 10.6. The Hall–Kier alpha value is -2.61. The van der Waals surface area contributed by atoms with Gasteiger partial charge in [-0.15, -0.1) is 5.10 Å². The molecule has 17 heavy (non-hydrogen) atoms. The molecule has 5 heteroatoms. The average Bonchev–Trinajstić information content (AvgIpc) is 2.78. The van der Waals surface area contributed by atoms with E-state index in [9.17, 15) is 5.26 Å². The Balaban J connectivity index is 2.56. The molecule has 2 aromatic heterocycles. The van der Waals surface area contributed by atoms with Crippen LogP contribution in [0, 0.1) is 11.3 Å². The van der Waals surface area contributed by atoms with Gasteiger partial charge in [-0.3, -0.25) is 5.10 Å². The molecule has 0 spiro atoms. The van der Waals surface area contributed by atoms with Crippen molar-refractivity contribution in [1.29, 1.82) is 5.26 Å². The largest absolute Gasteiger partial charge is 0.478 e. The van der Waals surface area contributed by atoms with Crippen molar-refractivity contribution >= 4 is 21.9 Å². The molecule has 0 bridgehead atoms. The van der Waals surface area contributed by atoms with Gasteiger partial charge in [-0.25, -0.2) is 4.98 Å². The molecule has 0 saturated carbocycles. The van der Waals surface area contributed by atoms with Crippen molar-refractivity contribution in [1.82, 2.24) is 15.2 Å².